The molecule has 0 unspecified atom stereocenters. The lowest BCUT2D eigenvalue weighted by Crippen LogP contribution is -2.15. The Morgan fingerprint density at radius 1 is 1.00 bits per heavy atom. The van der Waals surface area contributed by atoms with Gasteiger partial charge in [0.25, 0.3) is 0 Å². The van der Waals surface area contributed by atoms with Crippen molar-refractivity contribution in [3.63, 3.8) is 0 Å². The molecule has 1 aromatic rings. The van der Waals surface area contributed by atoms with E-state index in [4.69, 9.17) is 21.1 Å². The van der Waals surface area contributed by atoms with E-state index < -0.39 is 0 Å². The van der Waals surface area contributed by atoms with Gasteiger partial charge in [0.15, 0.2) is 11.5 Å². The fourth-order valence-electron chi connectivity index (χ4n) is 2.52. The predicted octanol–water partition coefficient (Wildman–Crippen LogP) is 4.21. The number of aryl methyl sites for hydroxylation is 1. The number of fused-ring (bicyclic) bond motifs is 1. The fraction of sp³-hybridized carbons (Fsp3) is 0.647. The highest BCUT2D eigenvalue weighted by atomic mass is 35.5. The minimum Gasteiger partial charge on any atom is -0.486 e. The summed E-state index contributed by atoms with van der Waals surface area (Å²) < 4.78 is 11.1. The third kappa shape index (κ3) is 5.40. The molecule has 0 aromatic heterocycles. The lowest BCUT2D eigenvalue weighted by atomic mass is 10.1. The number of hydrogen-bond acceptors (Lipinski definition) is 3. The van der Waals surface area contributed by atoms with E-state index in [1.807, 2.05) is 12.1 Å². The van der Waals surface area contributed by atoms with Gasteiger partial charge in [-0.2, -0.15) is 0 Å². The molecule has 1 aliphatic heterocycles. The van der Waals surface area contributed by atoms with Gasteiger partial charge in [0.05, 0.1) is 0 Å². The molecule has 0 bridgehead atoms. The quantitative estimate of drug-likeness (QED) is 0.693. The molecule has 0 fully saturated rings. The molecule has 3 nitrogen and oxygen atoms in total. The Bertz CT molecular complexity index is 437. The van der Waals surface area contributed by atoms with E-state index in [0.717, 1.165) is 36.0 Å². The van der Waals surface area contributed by atoms with E-state index in [1.165, 1.54) is 37.7 Å². The van der Waals surface area contributed by atoms with E-state index >= 15 is 0 Å². The summed E-state index contributed by atoms with van der Waals surface area (Å²) in [7, 11) is 0. The van der Waals surface area contributed by atoms with Crippen molar-refractivity contribution in [2.75, 3.05) is 26.3 Å². The van der Waals surface area contributed by atoms with E-state index in [9.17, 15) is 0 Å². The van der Waals surface area contributed by atoms with Crippen LogP contribution in [0.2, 0.25) is 5.02 Å². The zero-order chi connectivity index (χ0) is 14.9. The van der Waals surface area contributed by atoms with Gasteiger partial charge in [-0.05, 0) is 50.4 Å². The van der Waals surface area contributed by atoms with Crippen molar-refractivity contribution in [2.24, 2.45) is 0 Å². The van der Waals surface area contributed by atoms with Crippen LogP contribution in [0.1, 0.15) is 44.6 Å². The third-order valence-electron chi connectivity index (χ3n) is 3.69. The van der Waals surface area contributed by atoms with Crippen LogP contribution in [-0.4, -0.2) is 26.3 Å². The first-order valence-electron chi connectivity index (χ1n) is 8.10. The lowest BCUT2D eigenvalue weighted by Gasteiger charge is -2.19. The number of rotatable bonds is 9. The Morgan fingerprint density at radius 3 is 2.48 bits per heavy atom. The molecule has 0 amide bonds. The van der Waals surface area contributed by atoms with Gasteiger partial charge in [-0.3, -0.25) is 0 Å². The summed E-state index contributed by atoms with van der Waals surface area (Å²) in [4.78, 5) is 0. The Kier molecular flexibility index (Phi) is 7.17. The molecule has 1 N–H and O–H groups in total. The number of unbranched alkanes of at least 4 members (excludes halogenated alkanes) is 3. The van der Waals surface area contributed by atoms with Crippen LogP contribution in [0.4, 0.5) is 0 Å². The van der Waals surface area contributed by atoms with Crippen LogP contribution in [0.25, 0.3) is 0 Å². The third-order valence-corrected chi connectivity index (χ3v) is 4.04. The summed E-state index contributed by atoms with van der Waals surface area (Å²) in [6.07, 6.45) is 7.18. The normalized spacial score (nSPS) is 13.4. The standard InChI is InChI=1S/C17H26ClNO2/c1-2-8-19-9-6-4-3-5-7-14-12-16-17(13-15(14)18)21-11-10-20-16/h12-13,19H,2-11H2,1H3. The largest absolute Gasteiger partial charge is 0.486 e. The number of ether oxygens (including phenoxy) is 2. The van der Waals surface area contributed by atoms with Crippen molar-refractivity contribution in [2.45, 2.75) is 45.4 Å². The van der Waals surface area contributed by atoms with Crippen LogP contribution in [0.5, 0.6) is 11.5 Å². The maximum atomic E-state index is 6.31. The van der Waals surface area contributed by atoms with Crippen LogP contribution in [0, 0.1) is 0 Å². The first-order valence-corrected chi connectivity index (χ1v) is 8.48. The maximum absolute atomic E-state index is 6.31. The van der Waals surface area contributed by atoms with E-state index in [0.29, 0.717) is 13.2 Å². The summed E-state index contributed by atoms with van der Waals surface area (Å²) >= 11 is 6.31. The van der Waals surface area contributed by atoms with Gasteiger partial charge in [0, 0.05) is 11.1 Å². The molecular formula is C17H26ClNO2. The second-order valence-electron chi connectivity index (χ2n) is 5.50. The highest BCUT2D eigenvalue weighted by Gasteiger charge is 2.14. The molecule has 0 radical (unpaired) electrons. The van der Waals surface area contributed by atoms with E-state index in [1.54, 1.807) is 0 Å². The van der Waals surface area contributed by atoms with Gasteiger partial charge in [-0.25, -0.2) is 0 Å². The molecular weight excluding hydrogens is 286 g/mol. The molecule has 0 atom stereocenters. The number of nitrogens with one attached hydrogen (secondary N) is 1. The van der Waals surface area contributed by atoms with Crippen molar-refractivity contribution in [3.05, 3.63) is 22.7 Å². The van der Waals surface area contributed by atoms with Crippen molar-refractivity contribution < 1.29 is 9.47 Å². The molecule has 1 aromatic carbocycles. The molecule has 0 saturated heterocycles. The number of benzene rings is 1. The summed E-state index contributed by atoms with van der Waals surface area (Å²) in [6.45, 7) is 5.70. The number of hydrogen-bond donors (Lipinski definition) is 1. The van der Waals surface area contributed by atoms with Gasteiger partial charge in [0.1, 0.15) is 13.2 Å². The fourth-order valence-corrected chi connectivity index (χ4v) is 2.77. The first kappa shape index (κ1) is 16.4. The maximum Gasteiger partial charge on any atom is 0.162 e. The summed E-state index contributed by atoms with van der Waals surface area (Å²) in [5.74, 6) is 1.61. The Labute approximate surface area is 133 Å². The minimum atomic E-state index is 0.606. The van der Waals surface area contributed by atoms with Crippen molar-refractivity contribution in [1.29, 1.82) is 0 Å². The van der Waals surface area contributed by atoms with Crippen LogP contribution < -0.4 is 14.8 Å². The monoisotopic (exact) mass is 311 g/mol. The zero-order valence-electron chi connectivity index (χ0n) is 12.9. The second kappa shape index (κ2) is 9.16. The molecule has 0 saturated carbocycles. The second-order valence-corrected chi connectivity index (χ2v) is 5.91. The van der Waals surface area contributed by atoms with Crippen molar-refractivity contribution >= 4 is 11.6 Å². The average Bonchev–Trinajstić information content (AvgIpc) is 2.50. The molecule has 21 heavy (non-hydrogen) atoms. The molecule has 2 rings (SSSR count). The van der Waals surface area contributed by atoms with E-state index in [2.05, 4.69) is 12.2 Å². The molecule has 1 aliphatic rings. The first-order chi connectivity index (χ1) is 10.3. The van der Waals surface area contributed by atoms with E-state index in [-0.39, 0.29) is 0 Å². The van der Waals surface area contributed by atoms with Crippen LogP contribution >= 0.6 is 11.6 Å². The molecule has 1 heterocycles. The predicted molar refractivity (Wildman–Crippen MR) is 87.8 cm³/mol. The molecule has 0 spiro atoms. The van der Waals surface area contributed by atoms with Gasteiger partial charge in [-0.15, -0.1) is 0 Å². The lowest BCUT2D eigenvalue weighted by molar-refractivity contribution is 0.171. The van der Waals surface area contributed by atoms with Crippen LogP contribution in [0.15, 0.2) is 12.1 Å². The summed E-state index contributed by atoms with van der Waals surface area (Å²) in [6, 6.07) is 3.93. The summed E-state index contributed by atoms with van der Waals surface area (Å²) in [5, 5.41) is 4.23. The molecule has 118 valence electrons. The van der Waals surface area contributed by atoms with Gasteiger partial charge >= 0.3 is 0 Å². The smallest absolute Gasteiger partial charge is 0.162 e. The Morgan fingerprint density at radius 2 is 1.71 bits per heavy atom. The van der Waals surface area contributed by atoms with Gasteiger partial charge in [0.2, 0.25) is 0 Å². The molecule has 4 heteroatoms. The zero-order valence-corrected chi connectivity index (χ0v) is 13.7. The average molecular weight is 312 g/mol. The number of halogens is 1. The topological polar surface area (TPSA) is 30.5 Å². The van der Waals surface area contributed by atoms with Crippen molar-refractivity contribution in [3.8, 4) is 11.5 Å². The van der Waals surface area contributed by atoms with Crippen LogP contribution in [-0.2, 0) is 6.42 Å². The Hall–Kier alpha value is -0.930. The van der Waals surface area contributed by atoms with Gasteiger partial charge in [-0.1, -0.05) is 31.4 Å². The van der Waals surface area contributed by atoms with Gasteiger partial charge < -0.3 is 14.8 Å². The highest BCUT2D eigenvalue weighted by Crippen LogP contribution is 2.35. The summed E-state index contributed by atoms with van der Waals surface area (Å²) in [5.41, 5.74) is 1.17. The molecule has 0 aliphatic carbocycles. The van der Waals surface area contributed by atoms with Crippen LogP contribution in [0.3, 0.4) is 0 Å². The SMILES string of the molecule is CCCNCCCCCCc1cc2c(cc1Cl)OCCO2. The Balaban J connectivity index is 1.68. The minimum absolute atomic E-state index is 0.606. The van der Waals surface area contributed by atoms with Crippen molar-refractivity contribution in [1.82, 2.24) is 5.32 Å². The highest BCUT2D eigenvalue weighted by molar-refractivity contribution is 6.31.